The van der Waals surface area contributed by atoms with Gasteiger partial charge >= 0.3 is 12.4 Å². The average molecular weight is 421 g/mol. The van der Waals surface area contributed by atoms with Crippen molar-refractivity contribution in [1.82, 2.24) is 4.90 Å². The molecular weight excluding hydrogens is 408 g/mol. The van der Waals surface area contributed by atoms with E-state index >= 15 is 0 Å². The summed E-state index contributed by atoms with van der Waals surface area (Å²) >= 11 is 1.59. The van der Waals surface area contributed by atoms with Gasteiger partial charge in [-0.2, -0.15) is 46.5 Å². The minimum atomic E-state index is -5.16. The van der Waals surface area contributed by atoms with Gasteiger partial charge in [-0.3, -0.25) is 0 Å². The highest BCUT2D eigenvalue weighted by Gasteiger charge is 2.38. The number of halogens is 6. The summed E-state index contributed by atoms with van der Waals surface area (Å²) in [6.07, 6.45) is -10.3. The highest BCUT2D eigenvalue weighted by atomic mass is 32.2. The molecule has 146 valence electrons. The predicted octanol–water partition coefficient (Wildman–Crippen LogP) is 2.78. The van der Waals surface area contributed by atoms with Gasteiger partial charge in [0.25, 0.3) is 10.0 Å². The fourth-order valence-corrected chi connectivity index (χ4v) is 4.02. The molecule has 0 spiro atoms. The van der Waals surface area contributed by atoms with E-state index < -0.39 is 44.4 Å². The Balaban J connectivity index is 2.51. The highest BCUT2D eigenvalue weighted by Crippen LogP contribution is 2.37. The first-order valence-corrected chi connectivity index (χ1v) is 9.63. The van der Waals surface area contributed by atoms with E-state index in [4.69, 9.17) is 5.73 Å². The number of guanidine groups is 1. The zero-order valence-electron chi connectivity index (χ0n) is 12.9. The molecule has 2 N–H and O–H groups in total. The third-order valence-corrected chi connectivity index (χ3v) is 5.61. The van der Waals surface area contributed by atoms with Gasteiger partial charge in [-0.1, -0.05) is 0 Å². The van der Waals surface area contributed by atoms with Crippen LogP contribution in [0.1, 0.15) is 11.1 Å². The van der Waals surface area contributed by atoms with E-state index in [0.717, 1.165) is 0 Å². The van der Waals surface area contributed by atoms with Gasteiger partial charge in [0, 0.05) is 24.6 Å². The van der Waals surface area contributed by atoms with Crippen LogP contribution in [0.4, 0.5) is 26.3 Å². The first-order valence-electron chi connectivity index (χ1n) is 7.03. The molecule has 13 heteroatoms. The maximum absolute atomic E-state index is 12.8. The molecule has 1 aromatic rings. The van der Waals surface area contributed by atoms with Gasteiger partial charge in [0.2, 0.25) is 5.96 Å². The predicted molar refractivity (Wildman–Crippen MR) is 84.2 cm³/mol. The molecule has 0 unspecified atom stereocenters. The molecular formula is C13H13F6N3O2S2. The Morgan fingerprint density at radius 2 is 1.46 bits per heavy atom. The van der Waals surface area contributed by atoms with E-state index in [-0.39, 0.29) is 18.2 Å². The fraction of sp³-hybridized carbons (Fsp3) is 0.462. The number of rotatable bonds is 2. The largest absolute Gasteiger partial charge is 0.416 e. The molecule has 0 atom stereocenters. The van der Waals surface area contributed by atoms with Gasteiger partial charge < -0.3 is 10.6 Å². The van der Waals surface area contributed by atoms with Crippen LogP contribution >= 0.6 is 11.8 Å². The van der Waals surface area contributed by atoms with E-state index in [2.05, 4.69) is 4.40 Å². The molecule has 0 amide bonds. The minimum Gasteiger partial charge on any atom is -0.369 e. The molecule has 5 nitrogen and oxygen atoms in total. The lowest BCUT2D eigenvalue weighted by Gasteiger charge is -2.26. The van der Waals surface area contributed by atoms with Crippen LogP contribution in [0, 0.1) is 0 Å². The van der Waals surface area contributed by atoms with Gasteiger partial charge in [-0.05, 0) is 18.2 Å². The standard InChI is InChI=1S/C13H13F6N3O2S2/c14-12(15,16)8-5-9(13(17,18)19)7-10(6-8)26(23,24)21-11(20)22-1-3-25-4-2-22/h5-7H,1-4H2,(H2,20,21). The molecule has 0 saturated carbocycles. The second kappa shape index (κ2) is 7.18. The van der Waals surface area contributed by atoms with Crippen molar-refractivity contribution in [2.45, 2.75) is 17.2 Å². The topological polar surface area (TPSA) is 75.8 Å². The maximum atomic E-state index is 12.8. The lowest BCUT2D eigenvalue weighted by Crippen LogP contribution is -2.43. The Labute approximate surface area is 149 Å². The van der Waals surface area contributed by atoms with E-state index in [0.29, 0.717) is 24.6 Å². The van der Waals surface area contributed by atoms with Crippen LogP contribution in [0.15, 0.2) is 27.5 Å². The molecule has 1 aliphatic heterocycles. The number of nitrogens with zero attached hydrogens (tertiary/aromatic N) is 2. The maximum Gasteiger partial charge on any atom is 0.416 e. The Morgan fingerprint density at radius 1 is 1.00 bits per heavy atom. The number of sulfonamides is 1. The van der Waals surface area contributed by atoms with E-state index in [9.17, 15) is 34.8 Å². The summed E-state index contributed by atoms with van der Waals surface area (Å²) < 4.78 is 105. The SMILES string of the molecule is N/C(=N\S(=O)(=O)c1cc(C(F)(F)F)cc(C(F)(F)F)c1)N1CCSCC1. The molecule has 1 fully saturated rings. The molecule has 26 heavy (non-hydrogen) atoms. The summed E-state index contributed by atoms with van der Waals surface area (Å²) in [7, 11) is -4.86. The van der Waals surface area contributed by atoms with Crippen molar-refractivity contribution in [3.63, 3.8) is 0 Å². The number of thioether (sulfide) groups is 1. The Morgan fingerprint density at radius 3 is 1.88 bits per heavy atom. The fourth-order valence-electron chi connectivity index (χ4n) is 2.10. The van der Waals surface area contributed by atoms with Crippen molar-refractivity contribution >= 4 is 27.7 Å². The number of alkyl halides is 6. The Bertz CT molecular complexity index is 767. The smallest absolute Gasteiger partial charge is 0.369 e. The van der Waals surface area contributed by atoms with Crippen molar-refractivity contribution in [2.24, 2.45) is 10.1 Å². The van der Waals surface area contributed by atoms with Gasteiger partial charge in [0.15, 0.2) is 0 Å². The quantitative estimate of drug-likeness (QED) is 0.452. The van der Waals surface area contributed by atoms with Crippen LogP contribution < -0.4 is 5.73 Å². The first-order chi connectivity index (χ1) is 11.8. The molecule has 1 aliphatic rings. The molecule has 0 bridgehead atoms. The first kappa shape index (κ1) is 20.7. The third-order valence-electron chi connectivity index (χ3n) is 3.41. The molecule has 0 radical (unpaired) electrons. The molecule has 0 aromatic heterocycles. The normalized spacial score (nSPS) is 17.5. The van der Waals surface area contributed by atoms with E-state index in [1.807, 2.05) is 0 Å². The highest BCUT2D eigenvalue weighted by molar-refractivity contribution is 7.99. The number of nitrogens with two attached hydrogens (primary N) is 1. The molecule has 1 saturated heterocycles. The molecule has 1 heterocycles. The number of benzene rings is 1. The zero-order valence-corrected chi connectivity index (χ0v) is 14.6. The van der Waals surface area contributed by atoms with Gasteiger partial charge in [-0.25, -0.2) is 0 Å². The summed E-state index contributed by atoms with van der Waals surface area (Å²) in [5.41, 5.74) is 2.08. The number of hydrogen-bond donors (Lipinski definition) is 1. The molecule has 1 aromatic carbocycles. The van der Waals surface area contributed by atoms with Crippen LogP contribution in [-0.2, 0) is 22.4 Å². The van der Waals surface area contributed by atoms with Crippen LogP contribution in [-0.4, -0.2) is 43.9 Å². The summed E-state index contributed by atoms with van der Waals surface area (Å²) in [4.78, 5) is 0.167. The van der Waals surface area contributed by atoms with Crippen LogP contribution in [0.3, 0.4) is 0 Å². The van der Waals surface area contributed by atoms with E-state index in [1.165, 1.54) is 4.90 Å². The van der Waals surface area contributed by atoms with Gasteiger partial charge in [0.05, 0.1) is 16.0 Å². The van der Waals surface area contributed by atoms with Crippen molar-refractivity contribution in [2.75, 3.05) is 24.6 Å². The third kappa shape index (κ3) is 4.96. The Kier molecular flexibility index (Phi) is 5.71. The van der Waals surface area contributed by atoms with Crippen molar-refractivity contribution in [3.8, 4) is 0 Å². The second-order valence-corrected chi connectivity index (χ2v) is 8.09. The molecule has 2 rings (SSSR count). The van der Waals surface area contributed by atoms with Gasteiger partial charge in [0.1, 0.15) is 0 Å². The lowest BCUT2D eigenvalue weighted by molar-refractivity contribution is -0.143. The van der Waals surface area contributed by atoms with Crippen LogP contribution in [0.25, 0.3) is 0 Å². The summed E-state index contributed by atoms with van der Waals surface area (Å²) in [6.45, 7) is 0.734. The monoisotopic (exact) mass is 421 g/mol. The summed E-state index contributed by atoms with van der Waals surface area (Å²) in [6, 6.07) is 0.0504. The Hall–Kier alpha value is -1.63. The summed E-state index contributed by atoms with van der Waals surface area (Å²) in [5.74, 6) is 0.798. The van der Waals surface area contributed by atoms with E-state index in [1.54, 1.807) is 11.8 Å². The van der Waals surface area contributed by atoms with Crippen molar-refractivity contribution in [1.29, 1.82) is 0 Å². The van der Waals surface area contributed by atoms with Crippen LogP contribution in [0.5, 0.6) is 0 Å². The zero-order chi connectivity index (χ0) is 19.8. The second-order valence-electron chi connectivity index (χ2n) is 5.27. The van der Waals surface area contributed by atoms with Gasteiger partial charge in [-0.15, -0.1) is 4.40 Å². The minimum absolute atomic E-state index is 0.105. The number of hydrogen-bond acceptors (Lipinski definition) is 3. The van der Waals surface area contributed by atoms with Crippen LogP contribution in [0.2, 0.25) is 0 Å². The van der Waals surface area contributed by atoms with Crippen molar-refractivity contribution in [3.05, 3.63) is 29.3 Å². The lowest BCUT2D eigenvalue weighted by atomic mass is 10.1. The molecule has 0 aliphatic carbocycles. The average Bonchev–Trinajstić information content (AvgIpc) is 2.53. The summed E-state index contributed by atoms with van der Waals surface area (Å²) in [5, 5.41) is 0. The van der Waals surface area contributed by atoms with Crippen molar-refractivity contribution < 1.29 is 34.8 Å².